The van der Waals surface area contributed by atoms with Crippen LogP contribution in [0.1, 0.15) is 6.42 Å². The van der Waals surface area contributed by atoms with Crippen LogP contribution < -0.4 is 0 Å². The zero-order valence-corrected chi connectivity index (χ0v) is 8.55. The van der Waals surface area contributed by atoms with Crippen LogP contribution in [0.5, 0.6) is 5.75 Å². The van der Waals surface area contributed by atoms with E-state index in [1.54, 1.807) is 30.0 Å². The molecule has 1 N–H and O–H groups in total. The Morgan fingerprint density at radius 1 is 1.47 bits per heavy atom. The summed E-state index contributed by atoms with van der Waals surface area (Å²) in [6.07, 6.45) is 0.880. The first kappa shape index (κ1) is 9.92. The van der Waals surface area contributed by atoms with E-state index in [9.17, 15) is 5.11 Å². The van der Waals surface area contributed by atoms with Crippen molar-refractivity contribution in [2.45, 2.75) is 13.0 Å². The third-order valence-corrected chi connectivity index (χ3v) is 2.22. The highest BCUT2D eigenvalue weighted by Gasteiger charge is 2.04. The first-order valence-corrected chi connectivity index (χ1v) is 4.82. The molecule has 0 atom stereocenters. The smallest absolute Gasteiger partial charge is 0.117 e. The molecule has 0 amide bonds. The van der Waals surface area contributed by atoms with Gasteiger partial charge in [-0.3, -0.25) is 0 Å². The Hall–Kier alpha value is -1.62. The first-order chi connectivity index (χ1) is 7.31. The molecule has 0 spiro atoms. The molecule has 0 saturated heterocycles. The van der Waals surface area contributed by atoms with Gasteiger partial charge in [-0.25, -0.2) is 4.68 Å². The second kappa shape index (κ2) is 4.27. The van der Waals surface area contributed by atoms with E-state index in [0.717, 1.165) is 24.0 Å². The van der Waals surface area contributed by atoms with Crippen molar-refractivity contribution < 1.29 is 9.84 Å². The van der Waals surface area contributed by atoms with Crippen molar-refractivity contribution in [2.75, 3.05) is 13.7 Å². The lowest BCUT2D eigenvalue weighted by Gasteiger charge is -2.01. The van der Waals surface area contributed by atoms with Crippen LogP contribution in [0.15, 0.2) is 18.2 Å². The maximum absolute atomic E-state index is 9.35. The van der Waals surface area contributed by atoms with Crippen LogP contribution in [-0.4, -0.2) is 33.8 Å². The van der Waals surface area contributed by atoms with Gasteiger partial charge in [0.05, 0.1) is 5.52 Å². The summed E-state index contributed by atoms with van der Waals surface area (Å²) < 4.78 is 6.74. The summed E-state index contributed by atoms with van der Waals surface area (Å²) in [4.78, 5) is 0. The van der Waals surface area contributed by atoms with Gasteiger partial charge in [0.25, 0.3) is 0 Å². The molecular weight excluding hydrogens is 194 g/mol. The normalized spacial score (nSPS) is 11.0. The molecule has 0 aliphatic heterocycles. The zero-order valence-electron chi connectivity index (χ0n) is 8.55. The van der Waals surface area contributed by atoms with Gasteiger partial charge in [-0.05, 0) is 18.6 Å². The molecule has 5 heteroatoms. The Kier molecular flexibility index (Phi) is 2.82. The summed E-state index contributed by atoms with van der Waals surface area (Å²) in [6, 6.07) is 5.03. The molecule has 5 nitrogen and oxygen atoms in total. The second-order valence-electron chi connectivity index (χ2n) is 3.33. The number of rotatable bonds is 4. The number of aromatic hydroxyl groups is 1. The van der Waals surface area contributed by atoms with Gasteiger partial charge in [0, 0.05) is 26.3 Å². The molecule has 1 aromatic heterocycles. The van der Waals surface area contributed by atoms with Gasteiger partial charge in [-0.2, -0.15) is 0 Å². The molecule has 0 unspecified atom stereocenters. The summed E-state index contributed by atoms with van der Waals surface area (Å²) in [5.74, 6) is 0.234. The van der Waals surface area contributed by atoms with Crippen LogP contribution in [0, 0.1) is 0 Å². The van der Waals surface area contributed by atoms with Gasteiger partial charge in [0.1, 0.15) is 11.3 Å². The van der Waals surface area contributed by atoms with Gasteiger partial charge < -0.3 is 9.84 Å². The van der Waals surface area contributed by atoms with Crippen molar-refractivity contribution in [3.63, 3.8) is 0 Å². The number of fused-ring (bicyclic) bond motifs is 1. The molecule has 2 rings (SSSR count). The van der Waals surface area contributed by atoms with E-state index in [-0.39, 0.29) is 5.75 Å². The highest BCUT2D eigenvalue weighted by Crippen LogP contribution is 2.17. The summed E-state index contributed by atoms with van der Waals surface area (Å²) in [6.45, 7) is 1.44. The van der Waals surface area contributed by atoms with E-state index < -0.39 is 0 Å². The van der Waals surface area contributed by atoms with Crippen molar-refractivity contribution in [1.29, 1.82) is 0 Å². The number of aromatic nitrogens is 3. The summed E-state index contributed by atoms with van der Waals surface area (Å²) in [7, 11) is 1.67. The van der Waals surface area contributed by atoms with Crippen molar-refractivity contribution in [3.8, 4) is 5.75 Å². The SMILES string of the molecule is COCCCn1nnc2ccc(O)cc21. The van der Waals surface area contributed by atoms with Crippen LogP contribution in [0.3, 0.4) is 0 Å². The van der Waals surface area contributed by atoms with Crippen molar-refractivity contribution >= 4 is 11.0 Å². The number of methoxy groups -OCH3 is 1. The number of hydrogen-bond donors (Lipinski definition) is 1. The lowest BCUT2D eigenvalue weighted by Crippen LogP contribution is -2.03. The maximum atomic E-state index is 9.35. The largest absolute Gasteiger partial charge is 0.508 e. The Labute approximate surface area is 87.3 Å². The molecule has 0 saturated carbocycles. The minimum atomic E-state index is 0.234. The topological polar surface area (TPSA) is 60.2 Å². The molecule has 0 radical (unpaired) electrons. The fourth-order valence-corrected chi connectivity index (χ4v) is 1.48. The number of phenolic OH excluding ortho intramolecular Hbond substituents is 1. The third-order valence-electron chi connectivity index (χ3n) is 2.22. The van der Waals surface area contributed by atoms with Crippen LogP contribution in [0.4, 0.5) is 0 Å². The van der Waals surface area contributed by atoms with Gasteiger partial charge in [0.2, 0.25) is 0 Å². The molecule has 1 heterocycles. The van der Waals surface area contributed by atoms with E-state index in [2.05, 4.69) is 10.3 Å². The monoisotopic (exact) mass is 207 g/mol. The molecule has 1 aromatic carbocycles. The van der Waals surface area contributed by atoms with E-state index in [1.807, 2.05) is 0 Å². The number of hydrogen-bond acceptors (Lipinski definition) is 4. The van der Waals surface area contributed by atoms with E-state index in [0.29, 0.717) is 6.61 Å². The fourth-order valence-electron chi connectivity index (χ4n) is 1.48. The predicted octanol–water partition coefficient (Wildman–Crippen LogP) is 1.17. The van der Waals surface area contributed by atoms with Crippen molar-refractivity contribution in [1.82, 2.24) is 15.0 Å². The lowest BCUT2D eigenvalue weighted by atomic mass is 10.3. The summed E-state index contributed by atoms with van der Waals surface area (Å²) in [5.41, 5.74) is 1.65. The molecule has 0 aliphatic rings. The average Bonchev–Trinajstić information content (AvgIpc) is 2.62. The van der Waals surface area contributed by atoms with Crippen LogP contribution in [0.25, 0.3) is 11.0 Å². The van der Waals surface area contributed by atoms with Gasteiger partial charge in [-0.1, -0.05) is 5.21 Å². The van der Waals surface area contributed by atoms with Gasteiger partial charge in [0.15, 0.2) is 0 Å². The highest BCUT2D eigenvalue weighted by molar-refractivity contribution is 5.75. The maximum Gasteiger partial charge on any atom is 0.117 e. The second-order valence-corrected chi connectivity index (χ2v) is 3.33. The van der Waals surface area contributed by atoms with Crippen LogP contribution >= 0.6 is 0 Å². The van der Waals surface area contributed by atoms with Crippen molar-refractivity contribution in [2.24, 2.45) is 0 Å². The Bertz CT molecular complexity index is 453. The molecule has 15 heavy (non-hydrogen) atoms. The van der Waals surface area contributed by atoms with Crippen LogP contribution in [0.2, 0.25) is 0 Å². The van der Waals surface area contributed by atoms with Gasteiger partial charge in [-0.15, -0.1) is 5.10 Å². The number of phenols is 1. The molecule has 0 fully saturated rings. The fraction of sp³-hybridized carbons (Fsp3) is 0.400. The number of benzene rings is 1. The molecule has 0 bridgehead atoms. The third kappa shape index (κ3) is 2.07. The Morgan fingerprint density at radius 2 is 2.33 bits per heavy atom. The number of ether oxygens (including phenoxy) is 1. The zero-order chi connectivity index (χ0) is 10.7. The highest BCUT2D eigenvalue weighted by atomic mass is 16.5. The quantitative estimate of drug-likeness (QED) is 0.764. The van der Waals surface area contributed by atoms with Gasteiger partial charge >= 0.3 is 0 Å². The van der Waals surface area contributed by atoms with E-state index >= 15 is 0 Å². The number of nitrogens with zero attached hydrogens (tertiary/aromatic N) is 3. The summed E-state index contributed by atoms with van der Waals surface area (Å²) in [5, 5.41) is 17.4. The lowest BCUT2D eigenvalue weighted by molar-refractivity contribution is 0.189. The van der Waals surface area contributed by atoms with Crippen molar-refractivity contribution in [3.05, 3.63) is 18.2 Å². The predicted molar refractivity (Wildman–Crippen MR) is 55.7 cm³/mol. The minimum absolute atomic E-state index is 0.234. The van der Waals surface area contributed by atoms with E-state index in [4.69, 9.17) is 4.74 Å². The molecule has 80 valence electrons. The molecule has 2 aromatic rings. The van der Waals surface area contributed by atoms with Crippen LogP contribution in [-0.2, 0) is 11.3 Å². The Balaban J connectivity index is 2.23. The average molecular weight is 207 g/mol. The summed E-state index contributed by atoms with van der Waals surface area (Å²) >= 11 is 0. The number of aryl methyl sites for hydroxylation is 1. The Morgan fingerprint density at radius 3 is 3.13 bits per heavy atom. The first-order valence-electron chi connectivity index (χ1n) is 4.82. The standard InChI is InChI=1S/C10H13N3O2/c1-15-6-2-5-13-10-7-8(14)3-4-9(10)11-12-13/h3-4,7,14H,2,5-6H2,1H3. The molecular formula is C10H13N3O2. The molecule has 0 aliphatic carbocycles. The minimum Gasteiger partial charge on any atom is -0.508 e. The van der Waals surface area contributed by atoms with E-state index in [1.165, 1.54) is 0 Å².